The van der Waals surface area contributed by atoms with Crippen LogP contribution in [-0.4, -0.2) is 18.6 Å². The van der Waals surface area contributed by atoms with Gasteiger partial charge >= 0.3 is 6.18 Å². The number of hydrogen-bond donors (Lipinski definition) is 0. The molecular weight excluding hydrogens is 337 g/mol. The van der Waals surface area contributed by atoms with Gasteiger partial charge in [0.05, 0.1) is 12.2 Å². The summed E-state index contributed by atoms with van der Waals surface area (Å²) >= 11 is 3.19. The first-order chi connectivity index (χ1) is 9.36. The Morgan fingerprint density at radius 1 is 1.25 bits per heavy atom. The zero-order valence-corrected chi connectivity index (χ0v) is 12.0. The van der Waals surface area contributed by atoms with Crippen molar-refractivity contribution in [1.82, 2.24) is 0 Å². The molecule has 2 aromatic carbocycles. The van der Waals surface area contributed by atoms with Crippen LogP contribution in [0, 0.1) is 0 Å². The largest absolute Gasteiger partial charge is 0.492 e. The van der Waals surface area contributed by atoms with E-state index in [1.165, 1.54) is 0 Å². The number of rotatable bonds is 3. The first kappa shape index (κ1) is 14.8. The van der Waals surface area contributed by atoms with Gasteiger partial charge in [-0.25, -0.2) is 0 Å². The molecule has 2 nitrogen and oxygen atoms in total. The minimum absolute atomic E-state index is 0.0337. The molecule has 0 amide bonds. The molecule has 0 aromatic heterocycles. The maximum atomic E-state index is 12.7. The number of halogens is 4. The van der Waals surface area contributed by atoms with Crippen LogP contribution >= 0.6 is 15.9 Å². The number of benzene rings is 2. The standard InChI is InChI=1S/C14H10BrF3O2/c1-2-20-12-9-6-4-3-5-8(9)11(15)7-10(12)13(19)14(16,17)18/h3-7H,2H2,1H3. The van der Waals surface area contributed by atoms with Crippen LogP contribution in [0.2, 0.25) is 0 Å². The fourth-order valence-electron chi connectivity index (χ4n) is 1.93. The highest BCUT2D eigenvalue weighted by Crippen LogP contribution is 2.38. The monoisotopic (exact) mass is 346 g/mol. The number of ketones is 1. The van der Waals surface area contributed by atoms with Gasteiger partial charge in [-0.2, -0.15) is 13.2 Å². The van der Waals surface area contributed by atoms with E-state index in [1.54, 1.807) is 31.2 Å². The Morgan fingerprint density at radius 3 is 2.40 bits per heavy atom. The number of carbonyl (C=O) groups is 1. The van der Waals surface area contributed by atoms with E-state index in [4.69, 9.17) is 4.74 Å². The van der Waals surface area contributed by atoms with Crippen molar-refractivity contribution in [3.63, 3.8) is 0 Å². The predicted molar refractivity (Wildman–Crippen MR) is 73.2 cm³/mol. The van der Waals surface area contributed by atoms with E-state index >= 15 is 0 Å². The maximum Gasteiger partial charge on any atom is 0.455 e. The second kappa shape index (κ2) is 5.44. The molecule has 0 radical (unpaired) electrons. The van der Waals surface area contributed by atoms with E-state index < -0.39 is 17.5 Å². The van der Waals surface area contributed by atoms with Crippen LogP contribution in [0.5, 0.6) is 5.75 Å². The first-order valence-corrected chi connectivity index (χ1v) is 6.61. The Bertz CT molecular complexity index is 665. The fraction of sp³-hybridized carbons (Fsp3) is 0.214. The van der Waals surface area contributed by atoms with Crippen molar-refractivity contribution in [2.75, 3.05) is 6.61 Å². The third-order valence-corrected chi connectivity index (χ3v) is 3.39. The number of ether oxygens (including phenoxy) is 1. The quantitative estimate of drug-likeness (QED) is 0.750. The van der Waals surface area contributed by atoms with Gasteiger partial charge in [0.1, 0.15) is 5.75 Å². The lowest BCUT2D eigenvalue weighted by Crippen LogP contribution is -2.23. The van der Waals surface area contributed by atoms with Crippen LogP contribution in [0.1, 0.15) is 17.3 Å². The van der Waals surface area contributed by atoms with Crippen molar-refractivity contribution in [2.24, 2.45) is 0 Å². The molecule has 0 saturated heterocycles. The Morgan fingerprint density at radius 2 is 1.85 bits per heavy atom. The van der Waals surface area contributed by atoms with Crippen LogP contribution in [0.15, 0.2) is 34.8 Å². The Kier molecular flexibility index (Phi) is 4.04. The van der Waals surface area contributed by atoms with Gasteiger partial charge in [0.2, 0.25) is 0 Å². The number of hydrogen-bond acceptors (Lipinski definition) is 2. The van der Waals surface area contributed by atoms with Gasteiger partial charge in [-0.3, -0.25) is 4.79 Å². The molecule has 6 heteroatoms. The lowest BCUT2D eigenvalue weighted by atomic mass is 10.0. The number of alkyl halides is 3. The molecule has 0 saturated carbocycles. The molecule has 0 spiro atoms. The summed E-state index contributed by atoms with van der Waals surface area (Å²) < 4.78 is 43.7. The summed E-state index contributed by atoms with van der Waals surface area (Å²) in [6.45, 7) is 1.82. The zero-order chi connectivity index (χ0) is 14.9. The van der Waals surface area contributed by atoms with Crippen molar-refractivity contribution in [1.29, 1.82) is 0 Å². The highest BCUT2D eigenvalue weighted by molar-refractivity contribution is 9.10. The summed E-state index contributed by atoms with van der Waals surface area (Å²) in [6, 6.07) is 7.96. The van der Waals surface area contributed by atoms with Gasteiger partial charge in [0.25, 0.3) is 5.78 Å². The Labute approximate surface area is 121 Å². The highest BCUT2D eigenvalue weighted by Gasteiger charge is 2.41. The molecule has 0 aliphatic rings. The molecule has 0 bridgehead atoms. The molecule has 106 valence electrons. The number of Topliss-reactive ketones (excluding diaryl/α,β-unsaturated/α-hetero) is 1. The summed E-state index contributed by atoms with van der Waals surface area (Å²) in [6.07, 6.45) is -4.94. The molecular formula is C14H10BrF3O2. The summed E-state index contributed by atoms with van der Waals surface area (Å²) in [5, 5.41) is 1.16. The molecule has 0 fully saturated rings. The van der Waals surface area contributed by atoms with Crippen LogP contribution < -0.4 is 4.74 Å². The lowest BCUT2D eigenvalue weighted by molar-refractivity contribution is -0.0886. The van der Waals surface area contributed by atoms with E-state index in [2.05, 4.69) is 15.9 Å². The second-order valence-corrected chi connectivity index (χ2v) is 4.89. The summed E-state index contributed by atoms with van der Waals surface area (Å²) in [5.74, 6) is -1.94. The van der Waals surface area contributed by atoms with Crippen molar-refractivity contribution in [3.05, 3.63) is 40.4 Å². The molecule has 0 N–H and O–H groups in total. The van der Waals surface area contributed by atoms with E-state index in [0.29, 0.717) is 15.2 Å². The van der Waals surface area contributed by atoms with Gasteiger partial charge < -0.3 is 4.74 Å². The molecule has 0 heterocycles. The minimum atomic E-state index is -4.94. The normalized spacial score (nSPS) is 11.7. The van der Waals surface area contributed by atoms with Crippen molar-refractivity contribution in [2.45, 2.75) is 13.1 Å². The SMILES string of the molecule is CCOc1c(C(=O)C(F)(F)F)cc(Br)c2ccccc12. The van der Waals surface area contributed by atoms with E-state index in [0.717, 1.165) is 6.07 Å². The third kappa shape index (κ3) is 2.65. The summed E-state index contributed by atoms with van der Waals surface area (Å²) in [4.78, 5) is 11.5. The Hall–Kier alpha value is -1.56. The van der Waals surface area contributed by atoms with Gasteiger partial charge in [-0.1, -0.05) is 40.2 Å². The van der Waals surface area contributed by atoms with Gasteiger partial charge in [-0.15, -0.1) is 0 Å². The van der Waals surface area contributed by atoms with Crippen molar-refractivity contribution < 1.29 is 22.7 Å². The summed E-state index contributed by atoms with van der Waals surface area (Å²) in [5.41, 5.74) is -0.482. The fourth-order valence-corrected chi connectivity index (χ4v) is 2.50. The molecule has 0 aliphatic carbocycles. The second-order valence-electron chi connectivity index (χ2n) is 4.04. The van der Waals surface area contributed by atoms with Gasteiger partial charge in [-0.05, 0) is 18.4 Å². The predicted octanol–water partition coefficient (Wildman–Crippen LogP) is 4.75. The average Bonchev–Trinajstić information content (AvgIpc) is 2.40. The highest BCUT2D eigenvalue weighted by atomic mass is 79.9. The maximum absolute atomic E-state index is 12.7. The Balaban J connectivity index is 2.77. The van der Waals surface area contributed by atoms with Gasteiger partial charge in [0, 0.05) is 9.86 Å². The smallest absolute Gasteiger partial charge is 0.455 e. The van der Waals surface area contributed by atoms with E-state index in [1.807, 2.05) is 0 Å². The minimum Gasteiger partial charge on any atom is -0.492 e. The topological polar surface area (TPSA) is 26.3 Å². The average molecular weight is 347 g/mol. The zero-order valence-electron chi connectivity index (χ0n) is 10.4. The molecule has 0 unspecified atom stereocenters. The van der Waals surface area contributed by atoms with Crippen molar-refractivity contribution in [3.8, 4) is 5.75 Å². The molecule has 20 heavy (non-hydrogen) atoms. The first-order valence-electron chi connectivity index (χ1n) is 5.81. The third-order valence-electron chi connectivity index (χ3n) is 2.74. The van der Waals surface area contributed by atoms with Crippen molar-refractivity contribution >= 4 is 32.5 Å². The van der Waals surface area contributed by atoms with E-state index in [9.17, 15) is 18.0 Å². The number of fused-ring (bicyclic) bond motifs is 1. The molecule has 0 atom stereocenters. The van der Waals surface area contributed by atoms with Crippen LogP contribution in [0.25, 0.3) is 10.8 Å². The van der Waals surface area contributed by atoms with Crippen LogP contribution in [0.4, 0.5) is 13.2 Å². The number of carbonyl (C=O) groups excluding carboxylic acids is 1. The molecule has 2 aromatic rings. The summed E-state index contributed by atoms with van der Waals surface area (Å²) in [7, 11) is 0. The lowest BCUT2D eigenvalue weighted by Gasteiger charge is -2.15. The molecule has 0 aliphatic heterocycles. The van der Waals surface area contributed by atoms with Crippen LogP contribution in [0.3, 0.4) is 0 Å². The van der Waals surface area contributed by atoms with Gasteiger partial charge in [0.15, 0.2) is 0 Å². The molecule has 2 rings (SSSR count). The van der Waals surface area contributed by atoms with E-state index in [-0.39, 0.29) is 12.4 Å². The van der Waals surface area contributed by atoms with Crippen LogP contribution in [-0.2, 0) is 0 Å².